The highest BCUT2D eigenvalue weighted by molar-refractivity contribution is 7.89. The van der Waals surface area contributed by atoms with Crippen molar-refractivity contribution in [2.24, 2.45) is 0 Å². The number of hydrogen-bond acceptors (Lipinski definition) is 5. The van der Waals surface area contributed by atoms with E-state index < -0.39 is 10.0 Å². The third-order valence-electron chi connectivity index (χ3n) is 5.41. The van der Waals surface area contributed by atoms with Gasteiger partial charge in [0.1, 0.15) is 5.75 Å². The lowest BCUT2D eigenvalue weighted by Crippen LogP contribution is -2.61. The van der Waals surface area contributed by atoms with E-state index in [1.54, 1.807) is 41.3 Å². The molecule has 7 nitrogen and oxygen atoms in total. The fourth-order valence-electron chi connectivity index (χ4n) is 3.97. The van der Waals surface area contributed by atoms with E-state index in [4.69, 9.17) is 9.47 Å². The number of rotatable bonds is 5. The minimum Gasteiger partial charge on any atom is -0.493 e. The Balaban J connectivity index is 1.49. The second kappa shape index (κ2) is 8.37. The molecule has 0 aromatic heterocycles. The molecule has 0 radical (unpaired) electrons. The maximum atomic E-state index is 13.1. The molecule has 2 heterocycles. The van der Waals surface area contributed by atoms with E-state index in [1.165, 1.54) is 4.31 Å². The van der Waals surface area contributed by atoms with Gasteiger partial charge in [0.15, 0.2) is 0 Å². The molecule has 2 saturated heterocycles. The lowest BCUT2D eigenvalue weighted by atomic mass is 10.1. The van der Waals surface area contributed by atoms with Crippen LogP contribution in [-0.2, 0) is 14.8 Å². The van der Waals surface area contributed by atoms with Gasteiger partial charge >= 0.3 is 0 Å². The van der Waals surface area contributed by atoms with E-state index in [2.05, 4.69) is 0 Å². The normalized spacial score (nSPS) is 22.0. The minimum atomic E-state index is -3.59. The molecule has 4 rings (SSSR count). The predicted molar refractivity (Wildman–Crippen MR) is 112 cm³/mol. The molecule has 0 aliphatic carbocycles. The van der Waals surface area contributed by atoms with Gasteiger partial charge in [-0.05, 0) is 38.1 Å². The van der Waals surface area contributed by atoms with Gasteiger partial charge in [0, 0.05) is 26.2 Å². The topological polar surface area (TPSA) is 76.2 Å². The van der Waals surface area contributed by atoms with Crippen LogP contribution in [0.3, 0.4) is 0 Å². The third kappa shape index (κ3) is 4.08. The van der Waals surface area contributed by atoms with Crippen LogP contribution in [0.5, 0.6) is 5.75 Å². The summed E-state index contributed by atoms with van der Waals surface area (Å²) in [5.74, 6) is 0.442. The highest BCUT2D eigenvalue weighted by Crippen LogP contribution is 2.27. The number of para-hydroxylation sites is 1. The first-order chi connectivity index (χ1) is 14.4. The Morgan fingerprint density at radius 3 is 2.30 bits per heavy atom. The van der Waals surface area contributed by atoms with Crippen molar-refractivity contribution in [3.63, 3.8) is 0 Å². The summed E-state index contributed by atoms with van der Waals surface area (Å²) in [7, 11) is -3.59. The Bertz CT molecular complexity index is 1010. The molecule has 0 N–H and O–H groups in total. The quantitative estimate of drug-likeness (QED) is 0.728. The molecule has 2 aliphatic rings. The van der Waals surface area contributed by atoms with Crippen LogP contribution in [0.15, 0.2) is 53.4 Å². The Hall–Kier alpha value is -2.42. The summed E-state index contributed by atoms with van der Waals surface area (Å²) in [6.45, 7) is 5.41. The smallest absolute Gasteiger partial charge is 0.257 e. The van der Waals surface area contributed by atoms with Crippen molar-refractivity contribution >= 4 is 15.9 Å². The van der Waals surface area contributed by atoms with Gasteiger partial charge in [-0.2, -0.15) is 4.31 Å². The zero-order valence-corrected chi connectivity index (χ0v) is 18.0. The average Bonchev–Trinajstić information content (AvgIpc) is 2.73. The van der Waals surface area contributed by atoms with Crippen LogP contribution in [0.25, 0.3) is 0 Å². The second-order valence-corrected chi connectivity index (χ2v) is 9.59. The number of morpholine rings is 2. The van der Waals surface area contributed by atoms with Crippen LogP contribution in [0.2, 0.25) is 0 Å². The Morgan fingerprint density at radius 1 is 1.03 bits per heavy atom. The fourth-order valence-corrected chi connectivity index (χ4v) is 5.47. The molecule has 160 valence electrons. The molecule has 0 saturated carbocycles. The van der Waals surface area contributed by atoms with Gasteiger partial charge in [-0.15, -0.1) is 0 Å². The number of hydrogen-bond donors (Lipinski definition) is 0. The minimum absolute atomic E-state index is 0.118. The van der Waals surface area contributed by atoms with Gasteiger partial charge in [0.05, 0.1) is 29.3 Å². The first kappa shape index (κ1) is 20.8. The first-order valence-electron chi connectivity index (χ1n) is 10.1. The highest BCUT2D eigenvalue weighted by atomic mass is 32.2. The van der Waals surface area contributed by atoms with Crippen molar-refractivity contribution in [3.05, 3.63) is 59.7 Å². The van der Waals surface area contributed by atoms with Crippen LogP contribution in [0, 0.1) is 6.92 Å². The van der Waals surface area contributed by atoms with E-state index in [9.17, 15) is 13.2 Å². The maximum absolute atomic E-state index is 13.1. The van der Waals surface area contributed by atoms with Crippen molar-refractivity contribution in [1.82, 2.24) is 9.21 Å². The average molecular weight is 431 g/mol. The van der Waals surface area contributed by atoms with Gasteiger partial charge in [-0.1, -0.05) is 29.8 Å². The SMILES string of the molecule is CCOc1ccccc1C(=O)N1CC2CN(S(=O)(=O)c3ccc(C)cc3)CC(C1)O2. The number of sulfonamides is 1. The summed E-state index contributed by atoms with van der Waals surface area (Å²) in [5, 5.41) is 0. The van der Waals surface area contributed by atoms with E-state index in [1.807, 2.05) is 26.0 Å². The zero-order valence-electron chi connectivity index (χ0n) is 17.2. The van der Waals surface area contributed by atoms with E-state index in [-0.39, 0.29) is 36.1 Å². The van der Waals surface area contributed by atoms with Gasteiger partial charge in [0.25, 0.3) is 5.91 Å². The lowest BCUT2D eigenvalue weighted by molar-refractivity contribution is -0.113. The van der Waals surface area contributed by atoms with E-state index >= 15 is 0 Å². The Kier molecular flexibility index (Phi) is 5.81. The van der Waals surface area contributed by atoms with Crippen LogP contribution >= 0.6 is 0 Å². The second-order valence-electron chi connectivity index (χ2n) is 7.65. The van der Waals surface area contributed by atoms with Gasteiger partial charge in [-0.25, -0.2) is 8.42 Å². The van der Waals surface area contributed by atoms with Gasteiger partial charge in [0.2, 0.25) is 10.0 Å². The molecule has 2 unspecified atom stereocenters. The number of amides is 1. The monoisotopic (exact) mass is 430 g/mol. The molecule has 2 aliphatic heterocycles. The number of benzene rings is 2. The number of ether oxygens (including phenoxy) is 2. The molecular weight excluding hydrogens is 404 g/mol. The number of nitrogens with zero attached hydrogens (tertiary/aromatic N) is 2. The fraction of sp³-hybridized carbons (Fsp3) is 0.409. The maximum Gasteiger partial charge on any atom is 0.257 e. The van der Waals surface area contributed by atoms with E-state index in [0.717, 1.165) is 5.56 Å². The molecule has 8 heteroatoms. The molecule has 2 aromatic rings. The zero-order chi connectivity index (χ0) is 21.3. The van der Waals surface area contributed by atoms with Gasteiger partial charge < -0.3 is 14.4 Å². The summed E-state index contributed by atoms with van der Waals surface area (Å²) in [5.41, 5.74) is 1.53. The van der Waals surface area contributed by atoms with Crippen molar-refractivity contribution in [3.8, 4) is 5.75 Å². The van der Waals surface area contributed by atoms with Crippen molar-refractivity contribution in [1.29, 1.82) is 0 Å². The third-order valence-corrected chi connectivity index (χ3v) is 7.26. The number of carbonyl (C=O) groups is 1. The summed E-state index contributed by atoms with van der Waals surface area (Å²) < 4.78 is 39.2. The number of carbonyl (C=O) groups excluding carboxylic acids is 1. The lowest BCUT2D eigenvalue weighted by Gasteiger charge is -2.45. The largest absolute Gasteiger partial charge is 0.493 e. The highest BCUT2D eigenvalue weighted by Gasteiger charge is 2.41. The van der Waals surface area contributed by atoms with Crippen LogP contribution in [0.1, 0.15) is 22.8 Å². The predicted octanol–water partition coefficient (Wildman–Crippen LogP) is 2.31. The molecular formula is C22H26N2O5S. The molecule has 2 atom stereocenters. The molecule has 2 fully saturated rings. The Morgan fingerprint density at radius 2 is 1.67 bits per heavy atom. The number of fused-ring (bicyclic) bond motifs is 2. The van der Waals surface area contributed by atoms with Crippen molar-refractivity contribution in [2.45, 2.75) is 31.0 Å². The molecule has 30 heavy (non-hydrogen) atoms. The van der Waals surface area contributed by atoms with Crippen LogP contribution in [0.4, 0.5) is 0 Å². The summed E-state index contributed by atoms with van der Waals surface area (Å²) >= 11 is 0. The van der Waals surface area contributed by atoms with Crippen LogP contribution < -0.4 is 4.74 Å². The van der Waals surface area contributed by atoms with Gasteiger partial charge in [-0.3, -0.25) is 4.79 Å². The van der Waals surface area contributed by atoms with Crippen molar-refractivity contribution < 1.29 is 22.7 Å². The van der Waals surface area contributed by atoms with Crippen LogP contribution in [-0.4, -0.2) is 68.5 Å². The molecule has 0 spiro atoms. The molecule has 2 aromatic carbocycles. The first-order valence-corrected chi connectivity index (χ1v) is 11.6. The Labute approximate surface area is 177 Å². The standard InChI is InChI=1S/C22H26N2O5S/c1-3-28-21-7-5-4-6-20(21)22(25)23-12-17-14-24(15-18(13-23)29-17)30(26,27)19-10-8-16(2)9-11-19/h4-11,17-18H,3,12-15H2,1-2H3. The molecule has 2 bridgehead atoms. The summed E-state index contributed by atoms with van der Waals surface area (Å²) in [6, 6.07) is 14.1. The van der Waals surface area contributed by atoms with Crippen molar-refractivity contribution in [2.75, 3.05) is 32.8 Å². The summed E-state index contributed by atoms with van der Waals surface area (Å²) in [4.78, 5) is 15.1. The van der Waals surface area contributed by atoms with E-state index in [0.29, 0.717) is 31.0 Å². The molecule has 1 amide bonds. The summed E-state index contributed by atoms with van der Waals surface area (Å²) in [6.07, 6.45) is -0.721. The number of aryl methyl sites for hydroxylation is 1.